The van der Waals surface area contributed by atoms with Crippen LogP contribution in [0.3, 0.4) is 0 Å². The van der Waals surface area contributed by atoms with Gasteiger partial charge in [0.25, 0.3) is 0 Å². The van der Waals surface area contributed by atoms with Crippen LogP contribution in [0.15, 0.2) is 41.3 Å². The van der Waals surface area contributed by atoms with Gasteiger partial charge < -0.3 is 15.0 Å². The van der Waals surface area contributed by atoms with Gasteiger partial charge in [0.2, 0.25) is 5.43 Å². The molecule has 0 aliphatic rings. The third-order valence-corrected chi connectivity index (χ3v) is 2.62. The van der Waals surface area contributed by atoms with E-state index >= 15 is 0 Å². The van der Waals surface area contributed by atoms with Crippen LogP contribution in [0.1, 0.15) is 5.69 Å². The third-order valence-electron chi connectivity index (χ3n) is 2.62. The van der Waals surface area contributed by atoms with E-state index in [1.54, 1.807) is 13.3 Å². The first-order valence-corrected chi connectivity index (χ1v) is 5.25. The summed E-state index contributed by atoms with van der Waals surface area (Å²) in [7, 11) is 1.62. The minimum Gasteiger partial charge on any atom is -0.497 e. The Balaban J connectivity index is 2.52. The van der Waals surface area contributed by atoms with Crippen LogP contribution < -0.4 is 15.9 Å². The zero-order valence-electron chi connectivity index (χ0n) is 9.81. The molecule has 0 aliphatic carbocycles. The monoisotopic (exact) mass is 230 g/mol. The molecule has 2 N–H and O–H groups in total. The topological polar surface area (TPSA) is 57.2 Å². The Hall–Kier alpha value is -2.23. The number of aromatic nitrogens is 1. The molecular weight excluding hydrogens is 216 g/mol. The van der Waals surface area contributed by atoms with Crippen molar-refractivity contribution in [2.24, 2.45) is 0 Å². The zero-order valence-corrected chi connectivity index (χ0v) is 9.81. The Morgan fingerprint density at radius 1 is 1.24 bits per heavy atom. The van der Waals surface area contributed by atoms with Crippen molar-refractivity contribution in [3.63, 3.8) is 0 Å². The maximum absolute atomic E-state index is 11.4. The van der Waals surface area contributed by atoms with Crippen LogP contribution in [-0.2, 0) is 0 Å². The molecule has 0 fully saturated rings. The Morgan fingerprint density at radius 2 is 1.88 bits per heavy atom. The molecule has 0 bridgehead atoms. The van der Waals surface area contributed by atoms with Gasteiger partial charge in [-0.25, -0.2) is 0 Å². The number of nitrogens with zero attached hydrogens (tertiary/aromatic N) is 1. The van der Waals surface area contributed by atoms with E-state index in [9.17, 15) is 4.79 Å². The molecule has 17 heavy (non-hydrogen) atoms. The number of hydrogen-bond donors (Lipinski definition) is 1. The summed E-state index contributed by atoms with van der Waals surface area (Å²) in [5.41, 5.74) is 7.50. The molecule has 2 rings (SSSR count). The van der Waals surface area contributed by atoms with E-state index in [1.165, 1.54) is 6.07 Å². The molecule has 0 atom stereocenters. The maximum atomic E-state index is 11.4. The van der Waals surface area contributed by atoms with E-state index < -0.39 is 0 Å². The fourth-order valence-electron chi connectivity index (χ4n) is 1.67. The molecule has 1 heterocycles. The van der Waals surface area contributed by atoms with Gasteiger partial charge >= 0.3 is 0 Å². The van der Waals surface area contributed by atoms with Crippen molar-refractivity contribution in [2.75, 3.05) is 12.8 Å². The van der Waals surface area contributed by atoms with Crippen molar-refractivity contribution >= 4 is 5.69 Å². The number of nitrogen functional groups attached to an aromatic ring is 1. The van der Waals surface area contributed by atoms with Crippen LogP contribution in [0.25, 0.3) is 5.69 Å². The smallest absolute Gasteiger partial charge is 0.204 e. The van der Waals surface area contributed by atoms with E-state index in [4.69, 9.17) is 10.5 Å². The number of ether oxygens (including phenoxy) is 1. The molecule has 0 saturated heterocycles. The Bertz CT molecular complexity index is 585. The molecular formula is C13H14N2O2. The van der Waals surface area contributed by atoms with E-state index in [2.05, 4.69) is 0 Å². The van der Waals surface area contributed by atoms with Crippen LogP contribution in [0.4, 0.5) is 5.69 Å². The lowest BCUT2D eigenvalue weighted by molar-refractivity contribution is 0.414. The molecule has 4 nitrogen and oxygen atoms in total. The number of benzene rings is 1. The highest BCUT2D eigenvalue weighted by Crippen LogP contribution is 2.16. The highest BCUT2D eigenvalue weighted by atomic mass is 16.5. The summed E-state index contributed by atoms with van der Waals surface area (Å²) in [6.45, 7) is 1.87. The predicted molar refractivity (Wildman–Crippen MR) is 67.7 cm³/mol. The number of hydrogen-bond acceptors (Lipinski definition) is 3. The Kier molecular flexibility index (Phi) is 2.87. The molecule has 1 aromatic heterocycles. The quantitative estimate of drug-likeness (QED) is 0.854. The second kappa shape index (κ2) is 4.33. The van der Waals surface area contributed by atoms with Crippen molar-refractivity contribution in [3.8, 4) is 11.4 Å². The average Bonchev–Trinajstić information content (AvgIpc) is 2.34. The van der Waals surface area contributed by atoms with E-state index in [1.807, 2.05) is 35.8 Å². The molecule has 2 aromatic rings. The van der Waals surface area contributed by atoms with E-state index in [-0.39, 0.29) is 11.1 Å². The molecule has 0 unspecified atom stereocenters. The second-order valence-electron chi connectivity index (χ2n) is 3.80. The van der Waals surface area contributed by atoms with Crippen molar-refractivity contribution in [1.29, 1.82) is 0 Å². The summed E-state index contributed by atoms with van der Waals surface area (Å²) in [4.78, 5) is 11.4. The first-order valence-electron chi connectivity index (χ1n) is 5.25. The predicted octanol–water partition coefficient (Wildman–Crippen LogP) is 1.74. The molecule has 0 spiro atoms. The van der Waals surface area contributed by atoms with Crippen molar-refractivity contribution < 1.29 is 4.74 Å². The summed E-state index contributed by atoms with van der Waals surface area (Å²) in [5, 5.41) is 0. The Labute approximate surface area is 99.3 Å². The molecule has 88 valence electrons. The van der Waals surface area contributed by atoms with E-state index in [0.717, 1.165) is 17.1 Å². The highest BCUT2D eigenvalue weighted by molar-refractivity contribution is 5.44. The number of aryl methyl sites for hydroxylation is 1. The Morgan fingerprint density at radius 3 is 2.47 bits per heavy atom. The lowest BCUT2D eigenvalue weighted by Crippen LogP contribution is -2.12. The molecule has 0 radical (unpaired) electrons. The standard InChI is InChI=1S/C13H14N2O2/c1-9-7-13(16)12(14)8-15(9)10-3-5-11(17-2)6-4-10/h3-8H,14H2,1-2H3. The van der Waals surface area contributed by atoms with Gasteiger partial charge in [-0.05, 0) is 31.2 Å². The summed E-state index contributed by atoms with van der Waals surface area (Å²) >= 11 is 0. The fourth-order valence-corrected chi connectivity index (χ4v) is 1.67. The number of nitrogens with two attached hydrogens (primary N) is 1. The van der Waals surface area contributed by atoms with E-state index in [0.29, 0.717) is 0 Å². The number of rotatable bonds is 2. The van der Waals surface area contributed by atoms with Gasteiger partial charge in [-0.15, -0.1) is 0 Å². The van der Waals surface area contributed by atoms with Crippen molar-refractivity contribution in [2.45, 2.75) is 6.92 Å². The highest BCUT2D eigenvalue weighted by Gasteiger charge is 2.03. The van der Waals surface area contributed by atoms with Crippen LogP contribution in [-0.4, -0.2) is 11.7 Å². The first-order chi connectivity index (χ1) is 8.11. The third kappa shape index (κ3) is 2.15. The summed E-state index contributed by atoms with van der Waals surface area (Å²) in [6, 6.07) is 9.08. The van der Waals surface area contributed by atoms with Gasteiger partial charge in [0, 0.05) is 23.6 Å². The summed E-state index contributed by atoms with van der Waals surface area (Å²) in [6.07, 6.45) is 1.64. The number of anilines is 1. The fraction of sp³-hybridized carbons (Fsp3) is 0.154. The summed E-state index contributed by atoms with van der Waals surface area (Å²) in [5.74, 6) is 0.792. The lowest BCUT2D eigenvalue weighted by Gasteiger charge is -2.11. The SMILES string of the molecule is COc1ccc(-n2cc(N)c(=O)cc2C)cc1. The van der Waals surface area contributed by atoms with Crippen LogP contribution in [0.2, 0.25) is 0 Å². The number of methoxy groups -OCH3 is 1. The summed E-state index contributed by atoms with van der Waals surface area (Å²) < 4.78 is 6.97. The minimum atomic E-state index is -0.146. The molecule has 0 aliphatic heterocycles. The van der Waals surface area contributed by atoms with Crippen LogP contribution in [0, 0.1) is 6.92 Å². The molecule has 0 amide bonds. The maximum Gasteiger partial charge on any atom is 0.204 e. The zero-order chi connectivity index (χ0) is 12.4. The van der Waals surface area contributed by atoms with Crippen molar-refractivity contribution in [3.05, 3.63) is 52.4 Å². The number of pyridine rings is 1. The van der Waals surface area contributed by atoms with Gasteiger partial charge in [-0.3, -0.25) is 4.79 Å². The van der Waals surface area contributed by atoms with Crippen molar-refractivity contribution in [1.82, 2.24) is 4.57 Å². The minimum absolute atomic E-state index is 0.146. The van der Waals surface area contributed by atoms with Crippen LogP contribution in [0.5, 0.6) is 5.75 Å². The average molecular weight is 230 g/mol. The normalized spacial score (nSPS) is 10.2. The van der Waals surface area contributed by atoms with Gasteiger partial charge in [0.15, 0.2) is 0 Å². The van der Waals surface area contributed by atoms with Crippen LogP contribution >= 0.6 is 0 Å². The van der Waals surface area contributed by atoms with Gasteiger partial charge in [-0.1, -0.05) is 0 Å². The largest absolute Gasteiger partial charge is 0.497 e. The molecule has 1 aromatic carbocycles. The lowest BCUT2D eigenvalue weighted by atomic mass is 10.2. The second-order valence-corrected chi connectivity index (χ2v) is 3.80. The van der Waals surface area contributed by atoms with Gasteiger partial charge in [0.05, 0.1) is 12.8 Å². The molecule has 0 saturated carbocycles. The molecule has 4 heteroatoms. The van der Waals surface area contributed by atoms with Gasteiger partial charge in [-0.2, -0.15) is 0 Å². The first kappa shape index (κ1) is 11.3. The van der Waals surface area contributed by atoms with Gasteiger partial charge in [0.1, 0.15) is 5.75 Å².